The number of carbonyl (C=O) groups is 4. The molecule has 8 amide bonds. The number of halogens is 5. The van der Waals surface area contributed by atoms with E-state index in [-0.39, 0.29) is 41.0 Å². The zero-order chi connectivity index (χ0) is 76.0. The molecule has 0 aliphatic carbocycles. The first-order valence-electron chi connectivity index (χ1n) is 32.1. The molecular formula is C69H64Cl2F3N29O4. The lowest BCUT2D eigenvalue weighted by atomic mass is 10.1. The van der Waals surface area contributed by atoms with Crippen molar-refractivity contribution in [1.82, 2.24) is 100 Å². The second-order valence-corrected chi connectivity index (χ2v) is 23.4. The van der Waals surface area contributed by atoms with Gasteiger partial charge in [-0.05, 0) is 151 Å². The quantitative estimate of drug-likeness (QED) is 0.0484. The molecule has 0 spiro atoms. The number of urea groups is 4. The monoisotopic (exact) mass is 1490 g/mol. The van der Waals surface area contributed by atoms with Gasteiger partial charge in [0.1, 0.15) is 62.7 Å². The highest BCUT2D eigenvalue weighted by Crippen LogP contribution is 2.30. The van der Waals surface area contributed by atoms with Gasteiger partial charge in [-0.25, -0.2) is 54.1 Å². The van der Waals surface area contributed by atoms with E-state index in [1.807, 2.05) is 56.3 Å². The van der Waals surface area contributed by atoms with E-state index in [4.69, 9.17) is 23.2 Å². The van der Waals surface area contributed by atoms with Gasteiger partial charge in [-0.2, -0.15) is 53.0 Å². The van der Waals surface area contributed by atoms with Gasteiger partial charge in [-0.1, -0.05) is 53.5 Å². The van der Waals surface area contributed by atoms with Crippen LogP contribution < -0.4 is 52.8 Å². The zero-order valence-electron chi connectivity index (χ0n) is 57.8. The molecule has 11 aromatic heterocycles. The smallest absolute Gasteiger partial charge is 0.354 e. The first-order chi connectivity index (χ1) is 51.4. The number of nitrogens with zero attached hydrogens (tertiary/aromatic N) is 20. The largest absolute Gasteiger partial charge is 0.433 e. The van der Waals surface area contributed by atoms with Crippen LogP contribution in [0.25, 0.3) is 46.1 Å². The average molecular weight is 1490 g/mol. The summed E-state index contributed by atoms with van der Waals surface area (Å²) in [5, 5.41) is 24.8. The number of anilines is 9. The second kappa shape index (κ2) is 36.1. The Morgan fingerprint density at radius 2 is 0.822 bits per heavy atom. The lowest BCUT2D eigenvalue weighted by Gasteiger charge is -2.28. The summed E-state index contributed by atoms with van der Waals surface area (Å²) >= 11 is 11.9. The molecule has 107 heavy (non-hydrogen) atoms. The normalized spacial score (nSPS) is 11.5. The van der Waals surface area contributed by atoms with Gasteiger partial charge in [0.05, 0.1) is 45.9 Å². The minimum Gasteiger partial charge on any atom is -0.354 e. The molecule has 0 saturated carbocycles. The van der Waals surface area contributed by atoms with Gasteiger partial charge in [0.2, 0.25) is 23.8 Å². The van der Waals surface area contributed by atoms with E-state index in [9.17, 15) is 32.3 Å². The summed E-state index contributed by atoms with van der Waals surface area (Å²) in [6.45, 7) is 15.7. The van der Waals surface area contributed by atoms with Crippen LogP contribution in [0.3, 0.4) is 0 Å². The van der Waals surface area contributed by atoms with Crippen LogP contribution in [0.4, 0.5) is 84.7 Å². The van der Waals surface area contributed by atoms with Crippen LogP contribution >= 0.6 is 23.2 Å². The van der Waals surface area contributed by atoms with Gasteiger partial charge >= 0.3 is 30.3 Å². The Kier molecular flexibility index (Phi) is 25.7. The SMILES string of the molecule is Cc1cc(C)c(NC(=O)Nc2nc(C)nc(-c3ccccn3)n2)c(Cl)c1.Cc1nc(NC(=O)Nc2ccc(C(F)(F)F)nc2C)nc(-c2ccccn2)n1.Cc1nc(NC(=O)Nc2ccc(Cl)nc2)nc(-c2ccccn2)n1.Cc1nc(NC(=O)Nc2ccc(N3CCNCC3)nc2)nc(-c2ccccn2)n1. The van der Waals surface area contributed by atoms with E-state index in [1.165, 1.54) is 13.1 Å². The molecule has 9 N–H and O–H groups in total. The number of aromatic nitrogens is 19. The number of aryl methyl sites for hydroxylation is 7. The maximum atomic E-state index is 12.7. The summed E-state index contributed by atoms with van der Waals surface area (Å²) in [6, 6.07) is 31.9. The Morgan fingerprint density at radius 3 is 1.18 bits per heavy atom. The molecule has 1 aliphatic heterocycles. The van der Waals surface area contributed by atoms with Crippen molar-refractivity contribution < 1.29 is 32.3 Å². The maximum Gasteiger partial charge on any atom is 0.433 e. The van der Waals surface area contributed by atoms with Crippen molar-refractivity contribution in [1.29, 1.82) is 0 Å². The molecule has 38 heteroatoms. The van der Waals surface area contributed by atoms with Crippen molar-refractivity contribution in [3.63, 3.8) is 0 Å². The van der Waals surface area contributed by atoms with Crippen molar-refractivity contribution in [2.24, 2.45) is 0 Å². The van der Waals surface area contributed by atoms with E-state index in [1.54, 1.807) is 125 Å². The Hall–Kier alpha value is -13.5. The number of rotatable bonds is 13. The van der Waals surface area contributed by atoms with Gasteiger partial charge in [0, 0.05) is 51.0 Å². The lowest BCUT2D eigenvalue weighted by molar-refractivity contribution is -0.141. The summed E-state index contributed by atoms with van der Waals surface area (Å²) in [6.07, 6.45) is 5.04. The van der Waals surface area contributed by atoms with Crippen LogP contribution in [0.1, 0.15) is 45.8 Å². The first kappa shape index (κ1) is 76.2. The summed E-state index contributed by atoms with van der Waals surface area (Å²) in [5.74, 6) is 4.51. The highest BCUT2D eigenvalue weighted by molar-refractivity contribution is 6.34. The molecule has 1 aromatic carbocycles. The number of alkyl halides is 3. The molecule has 0 unspecified atom stereocenters. The van der Waals surface area contributed by atoms with Crippen molar-refractivity contribution in [2.45, 2.75) is 54.6 Å². The van der Waals surface area contributed by atoms with Crippen LogP contribution in [-0.2, 0) is 6.18 Å². The topological polar surface area (TPSA) is 425 Å². The van der Waals surface area contributed by atoms with Crippen molar-refractivity contribution >= 4 is 99.7 Å². The summed E-state index contributed by atoms with van der Waals surface area (Å²) < 4.78 is 38.0. The van der Waals surface area contributed by atoms with Crippen LogP contribution in [0.2, 0.25) is 10.2 Å². The van der Waals surface area contributed by atoms with Crippen LogP contribution in [-0.4, -0.2) is 145 Å². The molecule has 1 saturated heterocycles. The van der Waals surface area contributed by atoms with Crippen LogP contribution in [0.15, 0.2) is 159 Å². The highest BCUT2D eigenvalue weighted by Gasteiger charge is 2.33. The Balaban J connectivity index is 0.000000153. The second-order valence-electron chi connectivity index (χ2n) is 22.6. The Bertz CT molecular complexity index is 5050. The number of benzene rings is 1. The number of nitrogens with one attached hydrogen (secondary N) is 9. The fourth-order valence-electron chi connectivity index (χ4n) is 9.53. The fraction of sp³-hybridized carbons (Fsp3) is 0.174. The first-order valence-corrected chi connectivity index (χ1v) is 32.9. The molecule has 1 aliphatic rings. The predicted molar refractivity (Wildman–Crippen MR) is 395 cm³/mol. The van der Waals surface area contributed by atoms with Crippen molar-refractivity contribution in [3.8, 4) is 46.1 Å². The molecule has 12 aromatic rings. The molecule has 1 fully saturated rings. The maximum absolute atomic E-state index is 12.7. The number of amides is 8. The Labute approximate surface area is 618 Å². The Morgan fingerprint density at radius 1 is 0.421 bits per heavy atom. The highest BCUT2D eigenvalue weighted by atomic mass is 35.5. The third-order valence-electron chi connectivity index (χ3n) is 14.2. The number of pyridine rings is 7. The zero-order valence-corrected chi connectivity index (χ0v) is 59.3. The van der Waals surface area contributed by atoms with E-state index in [0.29, 0.717) is 90.8 Å². The standard InChI is InChI=1S/C19H21N9O.C18H17ClN6O.C17H14F3N7O.C15H12ClN7O/c1-13-23-17(15-4-2-3-7-21-15)26-18(24-13)27-19(29)25-14-5-6-16(22-12-14)28-10-8-20-9-11-28;1-10-8-11(2)15(13(19)9-10)23-18(26)25-17-22-12(3)21-16(24-17)14-6-4-5-7-20-14;1-9-11(6-7-13(22-9)17(18,19)20)25-16(28)27-15-24-10(2)23-14(26-15)12-5-3-4-8-21-12;1-9-19-13(11-4-2-3-7-17-11)22-14(20-9)23-15(24)21-10-5-6-12(16)18-8-10/h2-7,12,20H,8-11H2,1H3,(H2,23,24,25,26,27,29);4-9H,1-3H3,(H2,21,22,23,24,25,26);3-8H,1-2H3,(H2,23,24,25,26,27,28);2-8H,1H3,(H2,19,20,21,22,23,24). The minimum atomic E-state index is -4.56. The van der Waals surface area contributed by atoms with Crippen molar-refractivity contribution in [2.75, 3.05) is 73.6 Å². The van der Waals surface area contributed by atoms with Crippen LogP contribution in [0, 0.1) is 48.5 Å². The van der Waals surface area contributed by atoms with Gasteiger partial charge in [-0.3, -0.25) is 41.2 Å². The van der Waals surface area contributed by atoms with Crippen molar-refractivity contribution in [3.05, 3.63) is 214 Å². The van der Waals surface area contributed by atoms with Gasteiger partial charge in [-0.15, -0.1) is 0 Å². The average Bonchev–Trinajstić information content (AvgIpc) is 0.849. The third kappa shape index (κ3) is 23.0. The molecule has 0 atom stereocenters. The van der Waals surface area contributed by atoms with Gasteiger partial charge in [0.25, 0.3) is 0 Å². The molecular weight excluding hydrogens is 1430 g/mol. The summed E-state index contributed by atoms with van der Waals surface area (Å²) in [7, 11) is 0. The molecule has 544 valence electrons. The number of carbonyl (C=O) groups excluding carboxylic acids is 4. The van der Waals surface area contributed by atoms with E-state index in [0.717, 1.165) is 55.3 Å². The third-order valence-corrected chi connectivity index (χ3v) is 14.7. The predicted octanol–water partition coefficient (Wildman–Crippen LogP) is 12.4. The number of hydrogen-bond acceptors (Lipinski definition) is 25. The number of hydrogen-bond donors (Lipinski definition) is 9. The van der Waals surface area contributed by atoms with E-state index in [2.05, 4.69) is 147 Å². The van der Waals surface area contributed by atoms with Gasteiger partial charge in [0.15, 0.2) is 23.3 Å². The van der Waals surface area contributed by atoms with E-state index >= 15 is 0 Å². The summed E-state index contributed by atoms with van der Waals surface area (Å²) in [4.78, 5) is 130. The van der Waals surface area contributed by atoms with E-state index < -0.39 is 36.0 Å². The molecule has 12 heterocycles. The summed E-state index contributed by atoms with van der Waals surface area (Å²) in [5.41, 5.74) is 4.91. The minimum absolute atomic E-state index is 0.0194. The molecule has 0 radical (unpaired) electrons. The number of piperazine rings is 1. The van der Waals surface area contributed by atoms with Crippen LogP contribution in [0.5, 0.6) is 0 Å². The molecule has 33 nitrogen and oxygen atoms in total. The molecule has 0 bridgehead atoms. The fourth-order valence-corrected chi connectivity index (χ4v) is 10.0. The lowest BCUT2D eigenvalue weighted by Crippen LogP contribution is -2.43. The van der Waals surface area contributed by atoms with Gasteiger partial charge < -0.3 is 31.5 Å². The molecule has 13 rings (SSSR count).